The largest absolute Gasteiger partial charge is 0.480 e. The normalized spacial score (nSPS) is 10.8. The molecule has 2 aromatic heterocycles. The zero-order chi connectivity index (χ0) is 20.4. The van der Waals surface area contributed by atoms with E-state index in [1.807, 2.05) is 0 Å². The van der Waals surface area contributed by atoms with E-state index in [0.29, 0.717) is 38.9 Å². The minimum absolute atomic E-state index is 0.224. The fourth-order valence-electron chi connectivity index (χ4n) is 2.60. The lowest BCUT2D eigenvalue weighted by Gasteiger charge is -2.06. The van der Waals surface area contributed by atoms with Gasteiger partial charge in [0.2, 0.25) is 5.88 Å². The van der Waals surface area contributed by atoms with Crippen molar-refractivity contribution in [2.24, 2.45) is 0 Å². The molecule has 0 amide bonds. The second-order valence-electron chi connectivity index (χ2n) is 5.93. The van der Waals surface area contributed by atoms with Crippen LogP contribution in [0.15, 0.2) is 59.3 Å². The van der Waals surface area contributed by atoms with Crippen molar-refractivity contribution in [2.45, 2.75) is 0 Å². The molecule has 0 spiro atoms. The summed E-state index contributed by atoms with van der Waals surface area (Å²) < 4.78 is 16.2. The maximum Gasteiger partial charge on any atom is 0.341 e. The van der Waals surface area contributed by atoms with Gasteiger partial charge in [-0.1, -0.05) is 28.4 Å². The molecule has 0 radical (unpaired) electrons. The van der Waals surface area contributed by atoms with E-state index < -0.39 is 12.6 Å². The van der Waals surface area contributed by atoms with Gasteiger partial charge in [-0.15, -0.1) is 0 Å². The first kappa shape index (κ1) is 19.0. The lowest BCUT2D eigenvalue weighted by molar-refractivity contribution is -0.139. The zero-order valence-corrected chi connectivity index (χ0v) is 16.1. The van der Waals surface area contributed by atoms with Crippen LogP contribution >= 0.6 is 23.2 Å². The number of carboxylic acid groups (broad SMARTS) is 1. The lowest BCUT2D eigenvalue weighted by Crippen LogP contribution is -2.09. The van der Waals surface area contributed by atoms with Crippen LogP contribution in [0.1, 0.15) is 0 Å². The van der Waals surface area contributed by atoms with Crippen molar-refractivity contribution < 1.29 is 23.9 Å². The number of ether oxygens (including phenoxy) is 2. The van der Waals surface area contributed by atoms with Crippen LogP contribution in [0.4, 0.5) is 0 Å². The predicted molar refractivity (Wildman–Crippen MR) is 107 cm³/mol. The number of carboxylic acids is 1. The van der Waals surface area contributed by atoms with Gasteiger partial charge >= 0.3 is 5.97 Å². The van der Waals surface area contributed by atoms with Crippen molar-refractivity contribution in [1.82, 2.24) is 10.1 Å². The molecule has 0 bridgehead atoms. The van der Waals surface area contributed by atoms with Gasteiger partial charge in [0.05, 0.1) is 10.4 Å². The summed E-state index contributed by atoms with van der Waals surface area (Å²) in [7, 11) is 0. The first-order chi connectivity index (χ1) is 14.0. The van der Waals surface area contributed by atoms with Gasteiger partial charge in [-0.2, -0.15) is 0 Å². The summed E-state index contributed by atoms with van der Waals surface area (Å²) in [6.07, 6.45) is 1.59. The molecule has 0 saturated carbocycles. The summed E-state index contributed by atoms with van der Waals surface area (Å²) in [4.78, 5) is 15.0. The van der Waals surface area contributed by atoms with Crippen molar-refractivity contribution in [1.29, 1.82) is 0 Å². The average molecular weight is 431 g/mol. The van der Waals surface area contributed by atoms with Crippen LogP contribution in [-0.2, 0) is 4.79 Å². The molecule has 0 atom stereocenters. The Balaban J connectivity index is 1.61. The molecule has 0 saturated heterocycles. The number of fused-ring (bicyclic) bond motifs is 1. The SMILES string of the molecule is O=C(O)COc1cc2c(-c3ccc(Oc4ccc(Cl)cc4)nc3)noc2cc1Cl. The molecule has 7 nitrogen and oxygen atoms in total. The third-order valence-electron chi connectivity index (χ3n) is 3.92. The molecule has 0 aliphatic carbocycles. The number of halogens is 2. The van der Waals surface area contributed by atoms with Gasteiger partial charge in [-0.25, -0.2) is 9.78 Å². The van der Waals surface area contributed by atoms with Crippen molar-refractivity contribution in [3.05, 3.63) is 64.8 Å². The molecule has 146 valence electrons. The molecule has 29 heavy (non-hydrogen) atoms. The Morgan fingerprint density at radius 3 is 2.59 bits per heavy atom. The monoisotopic (exact) mass is 430 g/mol. The van der Waals surface area contributed by atoms with Gasteiger partial charge in [0, 0.05) is 28.9 Å². The van der Waals surface area contributed by atoms with Crippen LogP contribution in [-0.4, -0.2) is 27.8 Å². The number of aliphatic carboxylic acids is 1. The van der Waals surface area contributed by atoms with Gasteiger partial charge in [0.15, 0.2) is 12.2 Å². The summed E-state index contributed by atoms with van der Waals surface area (Å²) >= 11 is 12.0. The van der Waals surface area contributed by atoms with Crippen LogP contribution < -0.4 is 9.47 Å². The highest BCUT2D eigenvalue weighted by Gasteiger charge is 2.16. The summed E-state index contributed by atoms with van der Waals surface area (Å²) in [6, 6.07) is 13.5. The molecule has 0 aliphatic heterocycles. The number of aromatic nitrogens is 2. The van der Waals surface area contributed by atoms with Gasteiger partial charge in [-0.3, -0.25) is 0 Å². The Bertz CT molecular complexity index is 1170. The lowest BCUT2D eigenvalue weighted by atomic mass is 10.1. The van der Waals surface area contributed by atoms with Gasteiger partial charge < -0.3 is 19.1 Å². The maximum absolute atomic E-state index is 10.7. The molecule has 0 aliphatic rings. The molecular formula is C20H12Cl2N2O5. The van der Waals surface area contributed by atoms with E-state index in [1.54, 1.807) is 48.7 Å². The highest BCUT2D eigenvalue weighted by Crippen LogP contribution is 2.35. The Kier molecular flexibility index (Phi) is 5.24. The third kappa shape index (κ3) is 4.26. The first-order valence-electron chi connectivity index (χ1n) is 8.33. The van der Waals surface area contributed by atoms with E-state index in [0.717, 1.165) is 0 Å². The first-order valence-corrected chi connectivity index (χ1v) is 9.08. The Morgan fingerprint density at radius 1 is 1.10 bits per heavy atom. The van der Waals surface area contributed by atoms with Gasteiger partial charge in [0.25, 0.3) is 0 Å². The third-order valence-corrected chi connectivity index (χ3v) is 4.47. The molecule has 2 heterocycles. The average Bonchev–Trinajstić information content (AvgIpc) is 3.11. The fourth-order valence-corrected chi connectivity index (χ4v) is 2.94. The smallest absolute Gasteiger partial charge is 0.341 e. The van der Waals surface area contributed by atoms with Crippen LogP contribution in [0.3, 0.4) is 0 Å². The topological polar surface area (TPSA) is 94.7 Å². The van der Waals surface area contributed by atoms with Gasteiger partial charge in [-0.05, 0) is 36.4 Å². The molecular weight excluding hydrogens is 419 g/mol. The molecule has 9 heteroatoms. The Hall–Kier alpha value is -3.29. The van der Waals surface area contributed by atoms with E-state index >= 15 is 0 Å². The molecule has 2 aromatic carbocycles. The summed E-state index contributed by atoms with van der Waals surface area (Å²) in [5.41, 5.74) is 1.63. The van der Waals surface area contributed by atoms with Crippen molar-refractivity contribution in [3.8, 4) is 28.6 Å². The highest BCUT2D eigenvalue weighted by atomic mass is 35.5. The highest BCUT2D eigenvalue weighted by molar-refractivity contribution is 6.33. The van der Waals surface area contributed by atoms with E-state index in [4.69, 9.17) is 42.3 Å². The molecule has 1 N–H and O–H groups in total. The Morgan fingerprint density at radius 2 is 1.90 bits per heavy atom. The minimum Gasteiger partial charge on any atom is -0.480 e. The maximum atomic E-state index is 10.7. The quantitative estimate of drug-likeness (QED) is 0.434. The zero-order valence-electron chi connectivity index (χ0n) is 14.6. The van der Waals surface area contributed by atoms with Gasteiger partial charge in [0.1, 0.15) is 17.2 Å². The number of benzene rings is 2. The second kappa shape index (κ2) is 7.98. The Labute approximate surface area is 174 Å². The van der Waals surface area contributed by atoms with Crippen molar-refractivity contribution >= 4 is 40.1 Å². The minimum atomic E-state index is -1.10. The number of hydrogen-bond donors (Lipinski definition) is 1. The summed E-state index contributed by atoms with van der Waals surface area (Å²) in [5, 5.41) is 14.3. The van der Waals surface area contributed by atoms with E-state index in [1.165, 1.54) is 6.07 Å². The standard InChI is InChI=1S/C20H12Cl2N2O5/c21-12-2-4-13(5-3-12)28-18-6-1-11(9-23-18)20-14-7-17(27-10-19(25)26)15(22)8-16(14)29-24-20/h1-9H,10H2,(H,25,26). The fraction of sp³-hybridized carbons (Fsp3) is 0.0500. The van der Waals surface area contributed by atoms with Crippen molar-refractivity contribution in [2.75, 3.05) is 6.61 Å². The molecule has 4 aromatic rings. The van der Waals surface area contributed by atoms with E-state index in [-0.39, 0.29) is 10.8 Å². The number of pyridine rings is 1. The molecule has 0 unspecified atom stereocenters. The van der Waals surface area contributed by atoms with Crippen molar-refractivity contribution in [3.63, 3.8) is 0 Å². The molecule has 0 fully saturated rings. The van der Waals surface area contributed by atoms with Crippen LogP contribution in [0.25, 0.3) is 22.2 Å². The predicted octanol–water partition coefficient (Wildman–Crippen LogP) is 5.45. The number of nitrogens with zero attached hydrogens (tertiary/aromatic N) is 2. The number of hydrogen-bond acceptors (Lipinski definition) is 6. The summed E-state index contributed by atoms with van der Waals surface area (Å²) in [6.45, 7) is -0.510. The number of carbonyl (C=O) groups is 1. The second-order valence-corrected chi connectivity index (χ2v) is 6.78. The summed E-state index contributed by atoms with van der Waals surface area (Å²) in [5.74, 6) is 0.127. The molecule has 4 rings (SSSR count). The van der Waals surface area contributed by atoms with Crippen LogP contribution in [0, 0.1) is 0 Å². The van der Waals surface area contributed by atoms with Crippen LogP contribution in [0.2, 0.25) is 10.0 Å². The van der Waals surface area contributed by atoms with E-state index in [2.05, 4.69) is 10.1 Å². The van der Waals surface area contributed by atoms with Crippen LogP contribution in [0.5, 0.6) is 17.4 Å². The number of rotatable bonds is 6. The van der Waals surface area contributed by atoms with E-state index in [9.17, 15) is 4.79 Å².